The highest BCUT2D eigenvalue weighted by Crippen LogP contribution is 2.47. The highest BCUT2D eigenvalue weighted by molar-refractivity contribution is 6.32. The van der Waals surface area contributed by atoms with Crippen molar-refractivity contribution in [3.05, 3.63) is 108 Å². The van der Waals surface area contributed by atoms with Crippen LogP contribution in [0, 0.1) is 23.7 Å². The van der Waals surface area contributed by atoms with E-state index < -0.39 is 0 Å². The Balaban J connectivity index is 0.00000130. The molecule has 0 spiro atoms. The van der Waals surface area contributed by atoms with Gasteiger partial charge >= 0.3 is 0 Å². The summed E-state index contributed by atoms with van der Waals surface area (Å²) in [6, 6.07) is 21.4. The highest BCUT2D eigenvalue weighted by atomic mass is 14.8. The summed E-state index contributed by atoms with van der Waals surface area (Å²) in [7, 11) is 0. The first kappa shape index (κ1) is 29.9. The first-order valence-electron chi connectivity index (χ1n) is 14.9. The summed E-state index contributed by atoms with van der Waals surface area (Å²) in [6.45, 7) is 6.47. The van der Waals surface area contributed by atoms with Crippen LogP contribution in [0.25, 0.3) is 5.57 Å². The van der Waals surface area contributed by atoms with Crippen LogP contribution in [0.15, 0.2) is 95.7 Å². The molecule has 0 aromatic heterocycles. The van der Waals surface area contributed by atoms with E-state index in [9.17, 15) is 0 Å². The number of rotatable bonds is 9. The predicted octanol–water partition coefficient (Wildman–Crippen LogP) is 11.0. The van der Waals surface area contributed by atoms with Crippen molar-refractivity contribution < 1.29 is 0 Å². The Morgan fingerprint density at radius 3 is 2.11 bits per heavy atom. The maximum atomic E-state index is 5.30. The second kappa shape index (κ2) is 15.1. The lowest BCUT2D eigenvalue weighted by molar-refractivity contribution is 0.211. The lowest BCUT2D eigenvalue weighted by atomic mass is 9.62. The summed E-state index contributed by atoms with van der Waals surface area (Å²) in [5.74, 6) is 1.61. The fourth-order valence-electron chi connectivity index (χ4n) is 6.15. The van der Waals surface area contributed by atoms with Crippen molar-refractivity contribution in [1.29, 1.82) is 0 Å². The first-order chi connectivity index (χ1) is 18.2. The van der Waals surface area contributed by atoms with Crippen LogP contribution < -0.4 is 0 Å². The molecule has 2 aromatic carbocycles. The van der Waals surface area contributed by atoms with E-state index in [-0.39, 0.29) is 7.43 Å². The molecule has 5 rings (SSSR count). The lowest BCUT2D eigenvalue weighted by Gasteiger charge is -2.42. The SMILES string of the molecule is C.CC.CC(CCC1=CCC=C(c2ccccc2)C(c2ccccc2)=N1)C1(CCC2CCCCC2)[CH]C=C1. The van der Waals surface area contributed by atoms with Crippen LogP contribution in [0.4, 0.5) is 0 Å². The van der Waals surface area contributed by atoms with Gasteiger partial charge in [-0.1, -0.05) is 145 Å². The van der Waals surface area contributed by atoms with Crippen molar-refractivity contribution in [2.24, 2.45) is 22.2 Å². The van der Waals surface area contributed by atoms with Gasteiger partial charge in [0.1, 0.15) is 0 Å². The standard InChI is InChI=1S/C34H40N.C2H6.CH4/c1-27(34(24-12-25-34)26-23-28-13-5-2-6-14-28)21-22-31-19-11-20-32(29-15-7-3-8-16-29)33(35-31)30-17-9-4-10-18-30;1-2;/h3-4,7-10,12,15-20,24-25,27-28H,2,5-6,11,13-14,21-23,26H2,1H3;1-2H3;1H4. The molecule has 1 aliphatic heterocycles. The molecule has 203 valence electrons. The molecule has 2 aliphatic carbocycles. The Hall–Kier alpha value is -2.67. The third-order valence-electron chi connectivity index (χ3n) is 8.59. The van der Waals surface area contributed by atoms with Gasteiger partial charge in [-0.25, -0.2) is 0 Å². The fourth-order valence-corrected chi connectivity index (χ4v) is 6.15. The number of nitrogens with zero attached hydrogens (tertiary/aromatic N) is 1. The molecule has 2 atom stereocenters. The highest BCUT2D eigenvalue weighted by Gasteiger charge is 2.37. The van der Waals surface area contributed by atoms with Gasteiger partial charge in [-0.2, -0.15) is 0 Å². The minimum absolute atomic E-state index is 0. The van der Waals surface area contributed by atoms with Gasteiger partial charge in [0, 0.05) is 16.8 Å². The quantitative estimate of drug-likeness (QED) is 0.319. The second-order valence-electron chi connectivity index (χ2n) is 10.9. The Labute approximate surface area is 233 Å². The smallest absolute Gasteiger partial charge is 0.0780 e. The van der Waals surface area contributed by atoms with Gasteiger partial charge in [-0.3, -0.25) is 4.99 Å². The number of hydrogen-bond donors (Lipinski definition) is 0. The van der Waals surface area contributed by atoms with Gasteiger partial charge in [-0.15, -0.1) is 0 Å². The van der Waals surface area contributed by atoms with E-state index in [0.717, 1.165) is 24.5 Å². The van der Waals surface area contributed by atoms with Crippen LogP contribution in [0.1, 0.15) is 104 Å². The fraction of sp³-hybridized carbons (Fsp3) is 0.459. The minimum Gasteiger partial charge on any atom is -0.253 e. The van der Waals surface area contributed by atoms with Gasteiger partial charge < -0.3 is 0 Å². The van der Waals surface area contributed by atoms with Gasteiger partial charge in [0.05, 0.1) is 5.71 Å². The largest absolute Gasteiger partial charge is 0.253 e. The molecule has 0 amide bonds. The molecule has 1 fully saturated rings. The van der Waals surface area contributed by atoms with E-state index in [1.165, 1.54) is 73.8 Å². The lowest BCUT2D eigenvalue weighted by Crippen LogP contribution is -2.32. The van der Waals surface area contributed by atoms with Crippen molar-refractivity contribution >= 4 is 11.3 Å². The number of hydrogen-bond acceptors (Lipinski definition) is 1. The third-order valence-corrected chi connectivity index (χ3v) is 8.59. The summed E-state index contributed by atoms with van der Waals surface area (Å²) in [5.41, 5.74) is 6.34. The zero-order valence-corrected chi connectivity index (χ0v) is 23.3. The zero-order chi connectivity index (χ0) is 25.9. The molecule has 1 heteroatoms. The van der Waals surface area contributed by atoms with E-state index in [0.29, 0.717) is 11.3 Å². The van der Waals surface area contributed by atoms with Crippen LogP contribution in [0.5, 0.6) is 0 Å². The third kappa shape index (κ3) is 7.46. The van der Waals surface area contributed by atoms with Crippen molar-refractivity contribution in [3.63, 3.8) is 0 Å². The maximum Gasteiger partial charge on any atom is 0.0780 e. The Kier molecular flexibility index (Phi) is 11.8. The van der Waals surface area contributed by atoms with Gasteiger partial charge in [0.25, 0.3) is 0 Å². The maximum absolute atomic E-state index is 5.30. The molecule has 2 unspecified atom stereocenters. The van der Waals surface area contributed by atoms with Crippen LogP contribution in [-0.2, 0) is 0 Å². The molecular formula is C37H50N. The van der Waals surface area contributed by atoms with E-state index >= 15 is 0 Å². The number of benzene rings is 2. The molecule has 1 nitrogen and oxygen atoms in total. The summed E-state index contributed by atoms with van der Waals surface area (Å²) in [5, 5.41) is 0. The summed E-state index contributed by atoms with van der Waals surface area (Å²) in [4.78, 5) is 5.30. The predicted molar refractivity (Wildman–Crippen MR) is 168 cm³/mol. The molecule has 38 heavy (non-hydrogen) atoms. The zero-order valence-electron chi connectivity index (χ0n) is 23.3. The Morgan fingerprint density at radius 1 is 0.868 bits per heavy atom. The Bertz CT molecular complexity index is 1080. The summed E-state index contributed by atoms with van der Waals surface area (Å²) < 4.78 is 0. The molecule has 1 heterocycles. The molecule has 0 N–H and O–H groups in total. The van der Waals surface area contributed by atoms with Crippen LogP contribution in [0.2, 0.25) is 0 Å². The molecule has 1 saturated carbocycles. The number of allylic oxidation sites excluding steroid dienone is 6. The normalized spacial score (nSPS) is 21.8. The average Bonchev–Trinajstić information content (AvgIpc) is 3.17. The van der Waals surface area contributed by atoms with Gasteiger partial charge in [0.2, 0.25) is 0 Å². The molecule has 0 bridgehead atoms. The average molecular weight is 509 g/mol. The molecule has 1 radical (unpaired) electrons. The first-order valence-corrected chi connectivity index (χ1v) is 14.9. The monoisotopic (exact) mass is 508 g/mol. The van der Waals surface area contributed by atoms with Crippen molar-refractivity contribution in [3.8, 4) is 0 Å². The van der Waals surface area contributed by atoms with Gasteiger partial charge in [0.15, 0.2) is 0 Å². The minimum atomic E-state index is 0. The van der Waals surface area contributed by atoms with E-state index in [4.69, 9.17) is 4.99 Å². The van der Waals surface area contributed by atoms with Crippen LogP contribution in [0.3, 0.4) is 0 Å². The molecule has 0 saturated heterocycles. The Morgan fingerprint density at radius 2 is 1.50 bits per heavy atom. The molecular weight excluding hydrogens is 458 g/mol. The van der Waals surface area contributed by atoms with E-state index in [1.54, 1.807) is 0 Å². The van der Waals surface area contributed by atoms with Crippen LogP contribution >= 0.6 is 0 Å². The van der Waals surface area contributed by atoms with Crippen molar-refractivity contribution in [2.75, 3.05) is 0 Å². The molecule has 3 aliphatic rings. The van der Waals surface area contributed by atoms with E-state index in [1.807, 2.05) is 13.8 Å². The second-order valence-corrected chi connectivity index (χ2v) is 10.9. The van der Waals surface area contributed by atoms with E-state index in [2.05, 4.69) is 98.3 Å². The van der Waals surface area contributed by atoms with Crippen molar-refractivity contribution in [2.45, 2.75) is 92.4 Å². The topological polar surface area (TPSA) is 12.4 Å². The summed E-state index contributed by atoms with van der Waals surface area (Å²) >= 11 is 0. The van der Waals surface area contributed by atoms with Crippen LogP contribution in [-0.4, -0.2) is 5.71 Å². The number of aliphatic imine (C=N–C) groups is 1. The van der Waals surface area contributed by atoms with Crippen molar-refractivity contribution in [1.82, 2.24) is 0 Å². The molecule has 2 aromatic rings. The summed E-state index contributed by atoms with van der Waals surface area (Å²) in [6.07, 6.45) is 25.1. The van der Waals surface area contributed by atoms with Gasteiger partial charge in [-0.05, 0) is 61.3 Å².